The maximum absolute atomic E-state index is 13.0. The number of hydrogen-bond acceptors (Lipinski definition) is 4. The maximum atomic E-state index is 13.0. The van der Waals surface area contributed by atoms with Crippen molar-refractivity contribution in [2.45, 2.75) is 23.8 Å². The van der Waals surface area contributed by atoms with Gasteiger partial charge < -0.3 is 14.8 Å². The second-order valence-corrected chi connectivity index (χ2v) is 7.95. The molecule has 0 radical (unpaired) electrons. The molecule has 0 aliphatic rings. The van der Waals surface area contributed by atoms with Gasteiger partial charge in [0.15, 0.2) is 0 Å². The molecular weight excluding hydrogens is 334 g/mol. The van der Waals surface area contributed by atoms with E-state index in [0.29, 0.717) is 9.92 Å². The lowest BCUT2D eigenvalue weighted by atomic mass is 10.3. The van der Waals surface area contributed by atoms with Crippen LogP contribution in [0.4, 0.5) is 0 Å². The van der Waals surface area contributed by atoms with E-state index < -0.39 is 9.84 Å². The molecule has 1 aromatic carbocycles. The molecule has 25 heavy (non-hydrogen) atoms. The minimum Gasteiger partial charge on any atom is -0.376 e. The Morgan fingerprint density at radius 3 is 2.48 bits per heavy atom. The second kappa shape index (κ2) is 7.89. The lowest BCUT2D eigenvalue weighted by molar-refractivity contribution is 0.465. The van der Waals surface area contributed by atoms with Gasteiger partial charge in [-0.2, -0.15) is 0 Å². The Morgan fingerprint density at radius 1 is 1.28 bits per heavy atom. The Hall–Kier alpha value is -2.05. The van der Waals surface area contributed by atoms with Gasteiger partial charge in [-0.05, 0) is 39.1 Å². The number of nitrogens with zero attached hydrogens (tertiary/aromatic N) is 2. The zero-order valence-corrected chi connectivity index (χ0v) is 16.4. The van der Waals surface area contributed by atoms with Crippen molar-refractivity contribution in [3.05, 3.63) is 47.0 Å². The second-order valence-electron chi connectivity index (χ2n) is 6.06. The van der Waals surface area contributed by atoms with Gasteiger partial charge in [0.2, 0.25) is 9.84 Å². The molecular formula is C19H27N3O2S. The van der Waals surface area contributed by atoms with Crippen LogP contribution in [-0.4, -0.2) is 45.1 Å². The van der Waals surface area contributed by atoms with Crippen molar-refractivity contribution in [3.63, 3.8) is 0 Å². The summed E-state index contributed by atoms with van der Waals surface area (Å²) in [6, 6.07) is 10.3. The fraction of sp³-hybridized carbons (Fsp3) is 0.368. The smallest absolute Gasteiger partial charge is 0.222 e. The van der Waals surface area contributed by atoms with E-state index in [-0.39, 0.29) is 0 Å². The van der Waals surface area contributed by atoms with Gasteiger partial charge in [0.05, 0.1) is 4.90 Å². The predicted octanol–water partition coefficient (Wildman–Crippen LogP) is 0.938. The molecule has 2 rings (SSSR count). The van der Waals surface area contributed by atoms with Crippen molar-refractivity contribution in [2.24, 2.45) is 7.05 Å². The summed E-state index contributed by atoms with van der Waals surface area (Å²) in [6.07, 6.45) is 1.95. The zero-order chi connectivity index (χ0) is 18.6. The third kappa shape index (κ3) is 3.80. The molecule has 1 heterocycles. The highest BCUT2D eigenvalue weighted by molar-refractivity contribution is 7.91. The van der Waals surface area contributed by atoms with Crippen LogP contribution < -0.4 is 15.9 Å². The van der Waals surface area contributed by atoms with E-state index >= 15 is 0 Å². The molecule has 1 N–H and O–H groups in total. The summed E-state index contributed by atoms with van der Waals surface area (Å²) < 4.78 is 27.8. The Morgan fingerprint density at radius 2 is 1.92 bits per heavy atom. The molecule has 0 aliphatic carbocycles. The van der Waals surface area contributed by atoms with Crippen molar-refractivity contribution >= 4 is 21.6 Å². The van der Waals surface area contributed by atoms with Crippen LogP contribution in [-0.2, 0) is 16.9 Å². The van der Waals surface area contributed by atoms with Gasteiger partial charge in [0.25, 0.3) is 0 Å². The van der Waals surface area contributed by atoms with Gasteiger partial charge in [0.1, 0.15) is 5.03 Å². The standard InChI is InChI=1S/C19H27N3O2S/c1-6-18-17(15(2)21(4)13-12-20-3)14-19(22(18)5)25(23,24)16-10-8-7-9-11-16/h6-11,14,20H,12-13H2,1-5H3/b17-15+,18-6+. The number of aromatic nitrogens is 1. The Bertz CT molecular complexity index is 945. The van der Waals surface area contributed by atoms with Gasteiger partial charge in [-0.1, -0.05) is 24.3 Å². The molecule has 0 aliphatic heterocycles. The largest absolute Gasteiger partial charge is 0.376 e. The van der Waals surface area contributed by atoms with Gasteiger partial charge in [-0.25, -0.2) is 8.42 Å². The highest BCUT2D eigenvalue weighted by Crippen LogP contribution is 2.18. The fourth-order valence-electron chi connectivity index (χ4n) is 2.86. The first-order chi connectivity index (χ1) is 11.8. The van der Waals surface area contributed by atoms with E-state index in [1.807, 2.05) is 40.1 Å². The predicted molar refractivity (Wildman–Crippen MR) is 102 cm³/mol. The zero-order valence-electron chi connectivity index (χ0n) is 15.6. The summed E-state index contributed by atoms with van der Waals surface area (Å²) in [6.45, 7) is 5.66. The fourth-order valence-corrected chi connectivity index (χ4v) is 4.35. The molecule has 0 atom stereocenters. The lowest BCUT2D eigenvalue weighted by Crippen LogP contribution is -2.35. The molecule has 1 aromatic heterocycles. The topological polar surface area (TPSA) is 54.3 Å². The quantitative estimate of drug-likeness (QED) is 0.832. The number of hydrogen-bond donors (Lipinski definition) is 1. The third-order valence-corrected chi connectivity index (χ3v) is 6.33. The summed E-state index contributed by atoms with van der Waals surface area (Å²) in [4.78, 5) is 2.45. The molecule has 0 amide bonds. The molecule has 5 nitrogen and oxygen atoms in total. The average molecular weight is 362 g/mol. The van der Waals surface area contributed by atoms with Crippen molar-refractivity contribution in [2.75, 3.05) is 27.2 Å². The van der Waals surface area contributed by atoms with Crippen LogP contribution in [0.15, 0.2) is 46.3 Å². The summed E-state index contributed by atoms with van der Waals surface area (Å²) in [7, 11) is 2.18. The van der Waals surface area contributed by atoms with E-state index in [1.165, 1.54) is 0 Å². The molecule has 0 unspecified atom stereocenters. The molecule has 2 aromatic rings. The van der Waals surface area contributed by atoms with Crippen LogP contribution in [0.1, 0.15) is 13.8 Å². The van der Waals surface area contributed by atoms with Crippen molar-refractivity contribution in [1.29, 1.82) is 0 Å². The van der Waals surface area contributed by atoms with Crippen molar-refractivity contribution < 1.29 is 8.42 Å². The molecule has 136 valence electrons. The Balaban J connectivity index is 2.68. The molecule has 0 saturated carbocycles. The van der Waals surface area contributed by atoms with Crippen LogP contribution in [0, 0.1) is 0 Å². The van der Waals surface area contributed by atoms with Crippen LogP contribution in [0.25, 0.3) is 11.8 Å². The van der Waals surface area contributed by atoms with Gasteiger partial charge in [-0.15, -0.1) is 0 Å². The number of rotatable bonds is 6. The highest BCUT2D eigenvalue weighted by Gasteiger charge is 2.22. The van der Waals surface area contributed by atoms with Crippen LogP contribution in [0.5, 0.6) is 0 Å². The monoisotopic (exact) mass is 361 g/mol. The van der Waals surface area contributed by atoms with E-state index in [4.69, 9.17) is 0 Å². The maximum Gasteiger partial charge on any atom is 0.222 e. The highest BCUT2D eigenvalue weighted by atomic mass is 32.2. The third-order valence-electron chi connectivity index (χ3n) is 4.50. The van der Waals surface area contributed by atoms with E-state index in [1.54, 1.807) is 41.9 Å². The van der Waals surface area contributed by atoms with Crippen molar-refractivity contribution in [3.8, 4) is 0 Å². The summed E-state index contributed by atoms with van der Waals surface area (Å²) in [5, 5.41) is 5.29. The number of sulfone groups is 1. The first-order valence-electron chi connectivity index (χ1n) is 8.33. The van der Waals surface area contributed by atoms with Crippen LogP contribution in [0.3, 0.4) is 0 Å². The van der Waals surface area contributed by atoms with Gasteiger partial charge >= 0.3 is 0 Å². The summed E-state index contributed by atoms with van der Waals surface area (Å²) >= 11 is 0. The van der Waals surface area contributed by atoms with Crippen molar-refractivity contribution in [1.82, 2.24) is 14.8 Å². The molecule has 0 saturated heterocycles. The van der Waals surface area contributed by atoms with Gasteiger partial charge in [-0.3, -0.25) is 0 Å². The first kappa shape index (κ1) is 19.3. The number of likely N-dealkylation sites (N-methyl/N-ethyl adjacent to an activating group) is 2. The molecule has 0 bridgehead atoms. The lowest BCUT2D eigenvalue weighted by Gasteiger charge is -2.19. The normalized spacial score (nSPS) is 13.9. The number of benzene rings is 1. The first-order valence-corrected chi connectivity index (χ1v) is 9.81. The van der Waals surface area contributed by atoms with Crippen LogP contribution in [0.2, 0.25) is 0 Å². The van der Waals surface area contributed by atoms with Gasteiger partial charge in [0, 0.05) is 43.4 Å². The van der Waals surface area contributed by atoms with Crippen LogP contribution >= 0.6 is 0 Å². The minimum absolute atomic E-state index is 0.308. The van der Waals surface area contributed by atoms with E-state index in [9.17, 15) is 8.42 Å². The molecule has 6 heteroatoms. The average Bonchev–Trinajstić information content (AvgIpc) is 2.96. The molecule has 0 fully saturated rings. The van der Waals surface area contributed by atoms with E-state index in [2.05, 4.69) is 10.2 Å². The molecule has 0 spiro atoms. The Kier molecular flexibility index (Phi) is 6.08. The summed E-state index contributed by atoms with van der Waals surface area (Å²) in [5.74, 6) is 0. The SMILES string of the molecule is C/C=c1\c(=C(/C)N(C)CCNC)cc(S(=O)(=O)c2ccccc2)n1C. The van der Waals surface area contributed by atoms with E-state index in [0.717, 1.165) is 29.4 Å². The Labute approximate surface area is 150 Å². The summed E-state index contributed by atoms with van der Waals surface area (Å²) in [5.41, 5.74) is 1.05. The minimum atomic E-state index is -3.56. The number of nitrogens with one attached hydrogen (secondary N) is 1.